The van der Waals surface area contributed by atoms with Gasteiger partial charge in [0, 0.05) is 28.5 Å². The van der Waals surface area contributed by atoms with Crippen LogP contribution >= 0.6 is 11.3 Å². The van der Waals surface area contributed by atoms with Crippen molar-refractivity contribution in [1.29, 1.82) is 0 Å². The molecule has 0 spiro atoms. The van der Waals surface area contributed by atoms with Crippen molar-refractivity contribution in [2.24, 2.45) is 0 Å². The monoisotopic (exact) mass is 336 g/mol. The molecule has 1 amide bonds. The molecule has 0 aliphatic heterocycles. The normalized spacial score (nSPS) is 11.5. The first-order valence-corrected chi connectivity index (χ1v) is 8.12. The summed E-state index contributed by atoms with van der Waals surface area (Å²) in [4.78, 5) is 43.9. The van der Waals surface area contributed by atoms with Gasteiger partial charge in [0.25, 0.3) is 5.56 Å². The molecule has 0 atom stereocenters. The number of carbonyl (C=O) groups is 1. The van der Waals surface area contributed by atoms with E-state index in [1.807, 2.05) is 5.38 Å². The molecule has 2 aromatic rings. The highest BCUT2D eigenvalue weighted by Gasteiger charge is 2.18. The Hall–Kier alpha value is -2.22. The number of carbonyl (C=O) groups excluding carboxylic acids is 1. The number of thiazole rings is 1. The molecule has 0 saturated heterocycles. The lowest BCUT2D eigenvalue weighted by Gasteiger charge is -2.14. The van der Waals surface area contributed by atoms with Crippen LogP contribution in [0.1, 0.15) is 44.1 Å². The summed E-state index contributed by atoms with van der Waals surface area (Å²) < 4.78 is 0. The van der Waals surface area contributed by atoms with Crippen molar-refractivity contribution in [3.63, 3.8) is 0 Å². The molecule has 8 heteroatoms. The second kappa shape index (κ2) is 6.49. The van der Waals surface area contributed by atoms with Gasteiger partial charge in [0.1, 0.15) is 0 Å². The second-order valence-corrected chi connectivity index (χ2v) is 7.21. The number of nitrogens with one attached hydrogen (secondary N) is 3. The Labute approximate surface area is 137 Å². The third kappa shape index (κ3) is 4.38. The van der Waals surface area contributed by atoms with E-state index in [0.29, 0.717) is 16.4 Å². The molecule has 0 unspecified atom stereocenters. The molecule has 3 N–H and O–H groups in total. The molecule has 0 bridgehead atoms. The first-order chi connectivity index (χ1) is 10.7. The summed E-state index contributed by atoms with van der Waals surface area (Å²) in [6, 6.07) is 0. The summed E-state index contributed by atoms with van der Waals surface area (Å²) in [5.74, 6) is -0.218. The molecule has 2 aromatic heterocycles. The maximum atomic E-state index is 12.0. The Morgan fingerprint density at radius 2 is 2.00 bits per heavy atom. The quantitative estimate of drug-likeness (QED) is 0.789. The zero-order valence-corrected chi connectivity index (χ0v) is 14.4. The van der Waals surface area contributed by atoms with Crippen molar-refractivity contribution in [2.75, 3.05) is 5.32 Å². The molecule has 0 radical (unpaired) electrons. The number of aromatic amines is 2. The first-order valence-electron chi connectivity index (χ1n) is 7.25. The minimum atomic E-state index is -0.543. The molecular formula is C15H20N4O3S. The smallest absolute Gasteiger partial charge is 0.311 e. The van der Waals surface area contributed by atoms with E-state index in [9.17, 15) is 14.4 Å². The Kier molecular flexibility index (Phi) is 4.84. The van der Waals surface area contributed by atoms with E-state index in [1.54, 1.807) is 6.92 Å². The van der Waals surface area contributed by atoms with Crippen molar-refractivity contribution in [1.82, 2.24) is 15.0 Å². The number of rotatable bonds is 4. The van der Waals surface area contributed by atoms with Crippen LogP contribution in [0.15, 0.2) is 15.0 Å². The minimum absolute atomic E-state index is 0.0696. The van der Waals surface area contributed by atoms with Gasteiger partial charge >= 0.3 is 5.69 Å². The number of aryl methyl sites for hydroxylation is 1. The van der Waals surface area contributed by atoms with Gasteiger partial charge in [0.2, 0.25) is 5.91 Å². The van der Waals surface area contributed by atoms with E-state index in [2.05, 4.69) is 41.0 Å². The molecular weight excluding hydrogens is 316 g/mol. The van der Waals surface area contributed by atoms with Crippen LogP contribution in [0.2, 0.25) is 0 Å². The maximum Gasteiger partial charge on any atom is 0.325 e. The Morgan fingerprint density at radius 1 is 1.30 bits per heavy atom. The standard InChI is InChI=1S/C15H20N4O3S/c1-8-9(12(21)19-13(22)16-8)5-6-11(20)18-14-17-10(7-23-14)15(2,3)4/h7H,5-6H2,1-4H3,(H,17,18,20)(H2,16,19,21,22). The van der Waals surface area contributed by atoms with E-state index in [0.717, 1.165) is 5.69 Å². The molecule has 0 fully saturated rings. The molecule has 0 aliphatic rings. The number of hydrogen-bond acceptors (Lipinski definition) is 5. The van der Waals surface area contributed by atoms with Gasteiger partial charge in [-0.3, -0.25) is 14.6 Å². The third-order valence-corrected chi connectivity index (χ3v) is 4.13. The minimum Gasteiger partial charge on any atom is -0.311 e. The molecule has 23 heavy (non-hydrogen) atoms. The molecule has 7 nitrogen and oxygen atoms in total. The lowest BCUT2D eigenvalue weighted by atomic mass is 9.93. The fourth-order valence-electron chi connectivity index (χ4n) is 2.02. The average molecular weight is 336 g/mol. The van der Waals surface area contributed by atoms with E-state index in [4.69, 9.17) is 0 Å². The molecule has 124 valence electrons. The van der Waals surface area contributed by atoms with Gasteiger partial charge < -0.3 is 10.3 Å². The van der Waals surface area contributed by atoms with Crippen LogP contribution in [0.4, 0.5) is 5.13 Å². The van der Waals surface area contributed by atoms with Crippen LogP contribution in [0, 0.1) is 6.92 Å². The van der Waals surface area contributed by atoms with Gasteiger partial charge in [-0.15, -0.1) is 11.3 Å². The van der Waals surface area contributed by atoms with Crippen LogP contribution in [0.25, 0.3) is 0 Å². The van der Waals surface area contributed by atoms with Crippen molar-refractivity contribution < 1.29 is 4.79 Å². The number of aromatic nitrogens is 3. The van der Waals surface area contributed by atoms with Gasteiger partial charge in [-0.2, -0.15) is 0 Å². The molecule has 0 aromatic carbocycles. The Balaban J connectivity index is 2.00. The van der Waals surface area contributed by atoms with Crippen molar-refractivity contribution in [3.05, 3.63) is 43.2 Å². The van der Waals surface area contributed by atoms with Gasteiger partial charge in [0.15, 0.2) is 5.13 Å². The fourth-order valence-corrected chi connectivity index (χ4v) is 2.98. The van der Waals surface area contributed by atoms with Crippen LogP contribution in [0.5, 0.6) is 0 Å². The first kappa shape index (κ1) is 17.1. The van der Waals surface area contributed by atoms with Crippen molar-refractivity contribution >= 4 is 22.4 Å². The Bertz CT molecular complexity index is 826. The number of nitrogens with zero attached hydrogens (tertiary/aromatic N) is 1. The predicted molar refractivity (Wildman–Crippen MR) is 90.2 cm³/mol. The van der Waals surface area contributed by atoms with E-state index in [-0.39, 0.29) is 24.2 Å². The lowest BCUT2D eigenvalue weighted by molar-refractivity contribution is -0.116. The van der Waals surface area contributed by atoms with Crippen molar-refractivity contribution in [3.8, 4) is 0 Å². The van der Waals surface area contributed by atoms with E-state index < -0.39 is 11.2 Å². The zero-order valence-electron chi connectivity index (χ0n) is 13.6. The highest BCUT2D eigenvalue weighted by molar-refractivity contribution is 7.13. The summed E-state index contributed by atoms with van der Waals surface area (Å²) >= 11 is 1.38. The molecule has 0 aliphatic carbocycles. The maximum absolute atomic E-state index is 12.0. The molecule has 0 saturated carbocycles. The zero-order chi connectivity index (χ0) is 17.2. The van der Waals surface area contributed by atoms with E-state index in [1.165, 1.54) is 11.3 Å². The Morgan fingerprint density at radius 3 is 2.57 bits per heavy atom. The molecule has 2 rings (SSSR count). The van der Waals surface area contributed by atoms with E-state index >= 15 is 0 Å². The predicted octanol–water partition coefficient (Wildman–Crippen LogP) is 1.70. The van der Waals surface area contributed by atoms with Crippen LogP contribution in [0.3, 0.4) is 0 Å². The highest BCUT2D eigenvalue weighted by Crippen LogP contribution is 2.26. The number of H-pyrrole nitrogens is 2. The van der Waals surface area contributed by atoms with Crippen LogP contribution < -0.4 is 16.6 Å². The largest absolute Gasteiger partial charge is 0.325 e. The van der Waals surface area contributed by atoms with Gasteiger partial charge in [-0.05, 0) is 13.3 Å². The summed E-state index contributed by atoms with van der Waals surface area (Å²) in [6.07, 6.45) is 0.391. The summed E-state index contributed by atoms with van der Waals surface area (Å²) in [5, 5.41) is 5.21. The number of amides is 1. The summed E-state index contributed by atoms with van der Waals surface area (Å²) in [7, 11) is 0. The summed E-state index contributed by atoms with van der Waals surface area (Å²) in [5.41, 5.74) is 0.747. The topological polar surface area (TPSA) is 108 Å². The van der Waals surface area contributed by atoms with Gasteiger partial charge in [0.05, 0.1) is 5.69 Å². The fraction of sp³-hybridized carbons (Fsp3) is 0.467. The van der Waals surface area contributed by atoms with Crippen LogP contribution in [-0.2, 0) is 16.6 Å². The number of hydrogen-bond donors (Lipinski definition) is 3. The number of anilines is 1. The van der Waals surface area contributed by atoms with Crippen molar-refractivity contribution in [2.45, 2.75) is 46.0 Å². The SMILES string of the molecule is Cc1[nH]c(=O)[nH]c(=O)c1CCC(=O)Nc1nc(C(C)(C)C)cs1. The summed E-state index contributed by atoms with van der Waals surface area (Å²) in [6.45, 7) is 7.80. The second-order valence-electron chi connectivity index (χ2n) is 6.35. The van der Waals surface area contributed by atoms with Gasteiger partial charge in [-0.25, -0.2) is 9.78 Å². The van der Waals surface area contributed by atoms with Gasteiger partial charge in [-0.1, -0.05) is 20.8 Å². The third-order valence-electron chi connectivity index (χ3n) is 3.38. The lowest BCUT2D eigenvalue weighted by Crippen LogP contribution is -2.27. The van der Waals surface area contributed by atoms with Crippen LogP contribution in [-0.4, -0.2) is 20.9 Å². The molecule has 2 heterocycles. The average Bonchev–Trinajstić information content (AvgIpc) is 2.85. The highest BCUT2D eigenvalue weighted by atomic mass is 32.1.